The van der Waals surface area contributed by atoms with Crippen LogP contribution in [0.4, 0.5) is 11.4 Å². The first kappa shape index (κ1) is 15.2. The average molecular weight is 322 g/mol. The molecule has 2 N–H and O–H groups in total. The van der Waals surface area contributed by atoms with E-state index >= 15 is 0 Å². The zero-order chi connectivity index (χ0) is 16.2. The number of nitrogens with zero attached hydrogens (tertiary/aromatic N) is 2. The molecule has 0 saturated heterocycles. The molecule has 0 saturated carbocycles. The summed E-state index contributed by atoms with van der Waals surface area (Å²) >= 11 is 5.40. The first-order valence-corrected chi connectivity index (χ1v) is 7.80. The molecule has 0 spiro atoms. The molecular weight excluding hydrogens is 304 g/mol. The second kappa shape index (κ2) is 6.62. The van der Waals surface area contributed by atoms with Gasteiger partial charge in [0, 0.05) is 5.69 Å². The van der Waals surface area contributed by atoms with Gasteiger partial charge in [0.2, 0.25) is 0 Å². The van der Waals surface area contributed by atoms with Crippen molar-refractivity contribution in [3.63, 3.8) is 0 Å². The number of aromatic nitrogens is 2. The van der Waals surface area contributed by atoms with Crippen molar-refractivity contribution < 1.29 is 0 Å². The number of hydrogen-bond donors (Lipinski definition) is 2. The van der Waals surface area contributed by atoms with Crippen LogP contribution in [0.15, 0.2) is 60.7 Å². The minimum atomic E-state index is 0.551. The zero-order valence-electron chi connectivity index (χ0n) is 13.1. The predicted molar refractivity (Wildman–Crippen MR) is 99.3 cm³/mol. The quantitative estimate of drug-likeness (QED) is 0.706. The maximum atomic E-state index is 5.40. The number of anilines is 2. The Balaban J connectivity index is 1.81. The van der Waals surface area contributed by atoms with Crippen molar-refractivity contribution in [3.05, 3.63) is 72.1 Å². The smallest absolute Gasteiger partial charge is 0.175 e. The van der Waals surface area contributed by atoms with Gasteiger partial charge in [-0.3, -0.25) is 0 Å². The van der Waals surface area contributed by atoms with Gasteiger partial charge in [-0.1, -0.05) is 36.4 Å². The Morgan fingerprint density at radius 3 is 2.17 bits per heavy atom. The summed E-state index contributed by atoms with van der Waals surface area (Å²) in [5.41, 5.74) is 4.84. The summed E-state index contributed by atoms with van der Waals surface area (Å²) in [5, 5.41) is 11.6. The summed E-state index contributed by atoms with van der Waals surface area (Å²) in [5.74, 6) is 0. The number of thiocarbonyl (C=S) groups is 1. The minimum absolute atomic E-state index is 0.551. The van der Waals surface area contributed by atoms with Gasteiger partial charge < -0.3 is 10.6 Å². The molecule has 1 heterocycles. The van der Waals surface area contributed by atoms with Crippen molar-refractivity contribution in [2.45, 2.75) is 13.8 Å². The number of aryl methyl sites for hydroxylation is 1. The van der Waals surface area contributed by atoms with E-state index in [1.807, 2.05) is 79.2 Å². The van der Waals surface area contributed by atoms with Gasteiger partial charge in [0.15, 0.2) is 5.11 Å². The van der Waals surface area contributed by atoms with Crippen LogP contribution in [0, 0.1) is 13.8 Å². The SMILES string of the molecule is Cc1nn(-c2ccccc2)c(C)c1NC(=S)Nc1ccccc1. The van der Waals surface area contributed by atoms with E-state index in [0.717, 1.165) is 28.5 Å². The minimum Gasteiger partial charge on any atom is -0.332 e. The summed E-state index contributed by atoms with van der Waals surface area (Å²) < 4.78 is 1.92. The second-order valence-electron chi connectivity index (χ2n) is 5.24. The number of nitrogens with one attached hydrogen (secondary N) is 2. The van der Waals surface area contributed by atoms with Crippen LogP contribution in [0.3, 0.4) is 0 Å². The van der Waals surface area contributed by atoms with Crippen molar-refractivity contribution in [2.24, 2.45) is 0 Å². The Morgan fingerprint density at radius 2 is 1.52 bits per heavy atom. The highest BCUT2D eigenvalue weighted by Crippen LogP contribution is 2.23. The van der Waals surface area contributed by atoms with Gasteiger partial charge in [-0.2, -0.15) is 5.10 Å². The molecule has 0 radical (unpaired) electrons. The van der Waals surface area contributed by atoms with Gasteiger partial charge in [0.25, 0.3) is 0 Å². The molecule has 3 aromatic rings. The van der Waals surface area contributed by atoms with Gasteiger partial charge in [0.1, 0.15) is 0 Å². The van der Waals surface area contributed by atoms with Gasteiger partial charge in [-0.15, -0.1) is 0 Å². The Hall–Kier alpha value is -2.66. The first-order chi connectivity index (χ1) is 11.1. The number of rotatable bonds is 3. The van der Waals surface area contributed by atoms with Crippen LogP contribution in [-0.4, -0.2) is 14.9 Å². The van der Waals surface area contributed by atoms with Crippen molar-refractivity contribution >= 4 is 28.7 Å². The number of benzene rings is 2. The Morgan fingerprint density at radius 1 is 0.913 bits per heavy atom. The molecule has 23 heavy (non-hydrogen) atoms. The van der Waals surface area contributed by atoms with Crippen molar-refractivity contribution in [1.29, 1.82) is 0 Å². The fraction of sp³-hybridized carbons (Fsp3) is 0.111. The molecule has 5 heteroatoms. The lowest BCUT2D eigenvalue weighted by molar-refractivity contribution is 0.834. The molecule has 0 aliphatic carbocycles. The molecule has 0 atom stereocenters. The summed E-state index contributed by atoms with van der Waals surface area (Å²) in [6, 6.07) is 19.9. The van der Waals surface area contributed by atoms with Crippen LogP contribution in [0.2, 0.25) is 0 Å². The van der Waals surface area contributed by atoms with Gasteiger partial charge in [-0.25, -0.2) is 4.68 Å². The molecule has 0 bridgehead atoms. The third kappa shape index (κ3) is 3.40. The lowest BCUT2D eigenvalue weighted by Gasteiger charge is -2.11. The Kier molecular flexibility index (Phi) is 4.39. The van der Waals surface area contributed by atoms with Crippen molar-refractivity contribution in [3.8, 4) is 5.69 Å². The van der Waals surface area contributed by atoms with Crippen molar-refractivity contribution in [1.82, 2.24) is 9.78 Å². The molecule has 0 aliphatic rings. The van der Waals surface area contributed by atoms with Gasteiger partial charge in [-0.05, 0) is 50.3 Å². The fourth-order valence-corrected chi connectivity index (χ4v) is 2.66. The lowest BCUT2D eigenvalue weighted by Crippen LogP contribution is -2.19. The summed E-state index contributed by atoms with van der Waals surface area (Å²) in [6.45, 7) is 4.00. The topological polar surface area (TPSA) is 41.9 Å². The predicted octanol–water partition coefficient (Wildman–Crippen LogP) is 4.30. The zero-order valence-corrected chi connectivity index (χ0v) is 13.9. The monoisotopic (exact) mass is 322 g/mol. The maximum absolute atomic E-state index is 5.40. The second-order valence-corrected chi connectivity index (χ2v) is 5.65. The van der Waals surface area contributed by atoms with Crippen LogP contribution in [0.1, 0.15) is 11.4 Å². The summed E-state index contributed by atoms with van der Waals surface area (Å²) in [4.78, 5) is 0. The highest BCUT2D eigenvalue weighted by atomic mass is 32.1. The summed E-state index contributed by atoms with van der Waals surface area (Å²) in [7, 11) is 0. The normalized spacial score (nSPS) is 10.3. The Labute approximate surface area is 141 Å². The van der Waals surface area contributed by atoms with Crippen LogP contribution in [0.25, 0.3) is 5.69 Å². The Bertz CT molecular complexity index is 810. The van der Waals surface area contributed by atoms with Crippen LogP contribution in [0.5, 0.6) is 0 Å². The van der Waals surface area contributed by atoms with Crippen LogP contribution in [-0.2, 0) is 0 Å². The van der Waals surface area contributed by atoms with Crippen molar-refractivity contribution in [2.75, 3.05) is 10.6 Å². The molecule has 4 nitrogen and oxygen atoms in total. The van der Waals surface area contributed by atoms with Gasteiger partial charge >= 0.3 is 0 Å². The molecular formula is C18H18N4S. The van der Waals surface area contributed by atoms with E-state index in [-0.39, 0.29) is 0 Å². The van der Waals surface area contributed by atoms with E-state index < -0.39 is 0 Å². The molecule has 3 rings (SSSR count). The van der Waals surface area contributed by atoms with E-state index in [2.05, 4.69) is 15.7 Å². The maximum Gasteiger partial charge on any atom is 0.175 e. The van der Waals surface area contributed by atoms with Crippen LogP contribution >= 0.6 is 12.2 Å². The van der Waals surface area contributed by atoms with E-state index in [9.17, 15) is 0 Å². The highest BCUT2D eigenvalue weighted by molar-refractivity contribution is 7.80. The molecule has 0 fully saturated rings. The molecule has 2 aromatic carbocycles. The molecule has 0 aliphatic heterocycles. The molecule has 0 amide bonds. The van der Waals surface area contributed by atoms with Crippen LogP contribution < -0.4 is 10.6 Å². The standard InChI is InChI=1S/C18H18N4S/c1-13-17(20-18(23)19-15-9-5-3-6-10-15)14(2)22(21-13)16-11-7-4-8-12-16/h3-12H,1-2H3,(H2,19,20,23). The molecule has 0 unspecified atom stereocenters. The highest BCUT2D eigenvalue weighted by Gasteiger charge is 2.13. The van der Waals surface area contributed by atoms with E-state index in [1.165, 1.54) is 0 Å². The summed E-state index contributed by atoms with van der Waals surface area (Å²) in [6.07, 6.45) is 0. The molecule has 1 aromatic heterocycles. The molecule has 116 valence electrons. The number of hydrogen-bond acceptors (Lipinski definition) is 2. The fourth-order valence-electron chi connectivity index (χ4n) is 2.44. The van der Waals surface area contributed by atoms with E-state index in [1.54, 1.807) is 0 Å². The first-order valence-electron chi connectivity index (χ1n) is 7.40. The van der Waals surface area contributed by atoms with E-state index in [4.69, 9.17) is 12.2 Å². The average Bonchev–Trinajstić information content (AvgIpc) is 2.85. The van der Waals surface area contributed by atoms with E-state index in [0.29, 0.717) is 5.11 Å². The third-order valence-electron chi connectivity index (χ3n) is 3.56. The number of para-hydroxylation sites is 2. The lowest BCUT2D eigenvalue weighted by atomic mass is 10.3. The third-order valence-corrected chi connectivity index (χ3v) is 3.77. The van der Waals surface area contributed by atoms with Gasteiger partial charge in [0.05, 0.1) is 22.8 Å². The largest absolute Gasteiger partial charge is 0.332 e.